The van der Waals surface area contributed by atoms with Crippen LogP contribution in [0.15, 0.2) is 34.9 Å². The second-order valence-electron chi connectivity index (χ2n) is 8.37. The van der Waals surface area contributed by atoms with E-state index in [9.17, 15) is 14.9 Å². The molecule has 2 aromatic rings. The number of rotatable bonds is 7. The minimum Gasteiger partial charge on any atom is -0.447 e. The first-order valence-electron chi connectivity index (χ1n) is 11.0. The van der Waals surface area contributed by atoms with E-state index in [0.717, 1.165) is 44.6 Å². The Balaban J connectivity index is 1.25. The molecule has 1 amide bonds. The van der Waals surface area contributed by atoms with Crippen LogP contribution in [0.25, 0.3) is 0 Å². The van der Waals surface area contributed by atoms with E-state index in [1.54, 1.807) is 12.1 Å². The van der Waals surface area contributed by atoms with Crippen LogP contribution in [-0.2, 0) is 13.1 Å². The molecule has 1 aliphatic heterocycles. The number of nitrogens with zero attached hydrogens (tertiary/aromatic N) is 4. The average Bonchev–Trinajstić information content (AvgIpc) is 3.25. The van der Waals surface area contributed by atoms with Crippen molar-refractivity contribution in [1.82, 2.24) is 20.1 Å². The van der Waals surface area contributed by atoms with Crippen LogP contribution in [-0.4, -0.2) is 57.8 Å². The van der Waals surface area contributed by atoms with Gasteiger partial charge < -0.3 is 9.73 Å². The Hall–Kier alpha value is -2.78. The van der Waals surface area contributed by atoms with Gasteiger partial charge in [-0.3, -0.25) is 24.7 Å². The number of aromatic nitrogens is 1. The van der Waals surface area contributed by atoms with Gasteiger partial charge in [-0.25, -0.2) is 4.98 Å². The Morgan fingerprint density at radius 3 is 2.48 bits per heavy atom. The van der Waals surface area contributed by atoms with Gasteiger partial charge in [0.2, 0.25) is 5.89 Å². The van der Waals surface area contributed by atoms with E-state index in [2.05, 4.69) is 20.1 Å². The number of carbonyl (C=O) groups is 1. The predicted octanol–water partition coefficient (Wildman–Crippen LogP) is 2.96. The maximum absolute atomic E-state index is 12.4. The molecule has 0 unspecified atom stereocenters. The van der Waals surface area contributed by atoms with Gasteiger partial charge >= 0.3 is 0 Å². The molecule has 1 saturated heterocycles. The Morgan fingerprint density at radius 2 is 1.77 bits per heavy atom. The number of para-hydroxylation sites is 1. The Bertz CT molecular complexity index is 901. The van der Waals surface area contributed by atoms with Gasteiger partial charge in [0.1, 0.15) is 6.26 Å². The fourth-order valence-electron chi connectivity index (χ4n) is 4.35. The maximum Gasteiger partial charge on any atom is 0.273 e. The minimum atomic E-state index is -0.323. The molecule has 9 nitrogen and oxygen atoms in total. The summed E-state index contributed by atoms with van der Waals surface area (Å²) < 4.78 is 5.54. The molecule has 2 heterocycles. The molecule has 1 aromatic heterocycles. The summed E-state index contributed by atoms with van der Waals surface area (Å²) >= 11 is 0. The van der Waals surface area contributed by atoms with E-state index in [-0.39, 0.29) is 22.6 Å². The molecule has 0 bridgehead atoms. The lowest BCUT2D eigenvalue weighted by Crippen LogP contribution is -2.45. The Kier molecular flexibility index (Phi) is 6.93. The molecule has 1 aliphatic carbocycles. The molecule has 0 radical (unpaired) electrons. The summed E-state index contributed by atoms with van der Waals surface area (Å²) in [5, 5.41) is 14.3. The van der Waals surface area contributed by atoms with Crippen molar-refractivity contribution in [2.45, 2.75) is 51.2 Å². The number of piperazine rings is 1. The molecule has 1 N–H and O–H groups in total. The van der Waals surface area contributed by atoms with Gasteiger partial charge in [0.25, 0.3) is 11.6 Å². The van der Waals surface area contributed by atoms with Crippen LogP contribution >= 0.6 is 0 Å². The maximum atomic E-state index is 12.4. The van der Waals surface area contributed by atoms with E-state index < -0.39 is 0 Å². The lowest BCUT2D eigenvalue weighted by molar-refractivity contribution is -0.385. The molecule has 0 atom stereocenters. The summed E-state index contributed by atoms with van der Waals surface area (Å²) in [6, 6.07) is 7.14. The molecule has 1 saturated carbocycles. The van der Waals surface area contributed by atoms with Gasteiger partial charge in [0.05, 0.1) is 11.5 Å². The molecular formula is C22H29N5O4. The zero-order chi connectivity index (χ0) is 21.6. The van der Waals surface area contributed by atoms with Gasteiger partial charge in [-0.1, -0.05) is 37.5 Å². The second-order valence-corrected chi connectivity index (χ2v) is 8.37. The molecule has 4 rings (SSSR count). The topological polar surface area (TPSA) is 105 Å². The van der Waals surface area contributed by atoms with Gasteiger partial charge in [-0.05, 0) is 12.8 Å². The fourth-order valence-corrected chi connectivity index (χ4v) is 4.35. The largest absolute Gasteiger partial charge is 0.447 e. The highest BCUT2D eigenvalue weighted by atomic mass is 16.6. The zero-order valence-electron chi connectivity index (χ0n) is 17.7. The average molecular weight is 428 g/mol. The molecule has 166 valence electrons. The van der Waals surface area contributed by atoms with Crippen molar-refractivity contribution in [3.63, 3.8) is 0 Å². The smallest absolute Gasteiger partial charge is 0.273 e. The van der Waals surface area contributed by atoms with Crippen LogP contribution in [0.3, 0.4) is 0 Å². The monoisotopic (exact) mass is 427 g/mol. The first-order chi connectivity index (χ1) is 15.1. The first-order valence-corrected chi connectivity index (χ1v) is 11.0. The molecule has 0 spiro atoms. The number of hydrogen-bond donors (Lipinski definition) is 1. The van der Waals surface area contributed by atoms with Crippen molar-refractivity contribution in [2.75, 3.05) is 26.2 Å². The highest BCUT2D eigenvalue weighted by Gasteiger charge is 2.23. The van der Waals surface area contributed by atoms with Crippen LogP contribution in [0, 0.1) is 10.1 Å². The number of nitrogens with one attached hydrogen (secondary N) is 1. The summed E-state index contributed by atoms with van der Waals surface area (Å²) in [6.45, 7) is 4.36. The molecule has 2 aliphatic rings. The summed E-state index contributed by atoms with van der Waals surface area (Å²) in [5.41, 5.74) is 1.25. The van der Waals surface area contributed by atoms with Crippen molar-refractivity contribution in [3.05, 3.63) is 57.8 Å². The van der Waals surface area contributed by atoms with Crippen LogP contribution < -0.4 is 5.32 Å². The zero-order valence-corrected chi connectivity index (χ0v) is 17.7. The minimum absolute atomic E-state index is 0.156. The first kappa shape index (κ1) is 21.5. The normalized spacial score (nSPS) is 18.7. The third-order valence-corrected chi connectivity index (χ3v) is 6.13. The van der Waals surface area contributed by atoms with Crippen LogP contribution in [0.1, 0.15) is 54.0 Å². The van der Waals surface area contributed by atoms with E-state index in [1.807, 2.05) is 12.1 Å². The Morgan fingerprint density at radius 1 is 1.10 bits per heavy atom. The van der Waals surface area contributed by atoms with E-state index in [4.69, 9.17) is 4.42 Å². The number of benzene rings is 1. The summed E-state index contributed by atoms with van der Waals surface area (Å²) in [6.07, 6.45) is 7.09. The van der Waals surface area contributed by atoms with Gasteiger partial charge in [-0.2, -0.15) is 0 Å². The van der Waals surface area contributed by atoms with Crippen LogP contribution in [0.4, 0.5) is 5.69 Å². The van der Waals surface area contributed by atoms with Crippen LogP contribution in [0.2, 0.25) is 0 Å². The summed E-state index contributed by atoms with van der Waals surface area (Å²) in [7, 11) is 0. The van der Waals surface area contributed by atoms with Crippen LogP contribution in [0.5, 0.6) is 0 Å². The molecule has 9 heteroatoms. The number of hydrogen-bond acceptors (Lipinski definition) is 7. The standard InChI is InChI=1S/C22H29N5O4/c28-22(23-18-7-2-1-3-8-18)19-16-31-21(24-19)15-26-12-10-25(11-13-26)14-17-6-4-5-9-20(17)27(29)30/h4-6,9,16,18H,1-3,7-8,10-15H2,(H,23,28). The van der Waals surface area contributed by atoms with E-state index in [0.29, 0.717) is 24.7 Å². The molecule has 2 fully saturated rings. The van der Waals surface area contributed by atoms with Crippen molar-refractivity contribution < 1.29 is 14.1 Å². The number of oxazole rings is 1. The van der Waals surface area contributed by atoms with Gasteiger partial charge in [0.15, 0.2) is 5.69 Å². The van der Waals surface area contributed by atoms with Crippen molar-refractivity contribution in [2.24, 2.45) is 0 Å². The second kappa shape index (κ2) is 10.0. The lowest BCUT2D eigenvalue weighted by Gasteiger charge is -2.33. The quantitative estimate of drug-likeness (QED) is 0.535. The van der Waals surface area contributed by atoms with Gasteiger partial charge in [0, 0.05) is 50.4 Å². The third-order valence-electron chi connectivity index (χ3n) is 6.13. The number of carbonyl (C=O) groups excluding carboxylic acids is 1. The van der Waals surface area contributed by atoms with Gasteiger partial charge in [-0.15, -0.1) is 0 Å². The lowest BCUT2D eigenvalue weighted by atomic mass is 9.95. The van der Waals surface area contributed by atoms with E-state index >= 15 is 0 Å². The molecule has 31 heavy (non-hydrogen) atoms. The summed E-state index contributed by atoms with van der Waals surface area (Å²) in [5.74, 6) is 0.386. The molecular weight excluding hydrogens is 398 g/mol. The highest BCUT2D eigenvalue weighted by Crippen LogP contribution is 2.21. The number of nitro benzene ring substituents is 1. The van der Waals surface area contributed by atoms with E-state index in [1.165, 1.54) is 25.5 Å². The fraction of sp³-hybridized carbons (Fsp3) is 0.545. The predicted molar refractivity (Wildman–Crippen MR) is 114 cm³/mol. The highest BCUT2D eigenvalue weighted by molar-refractivity contribution is 5.92. The van der Waals surface area contributed by atoms with Crippen molar-refractivity contribution in [3.8, 4) is 0 Å². The van der Waals surface area contributed by atoms with Crippen molar-refractivity contribution in [1.29, 1.82) is 0 Å². The third kappa shape index (κ3) is 5.68. The summed E-state index contributed by atoms with van der Waals surface area (Å²) in [4.78, 5) is 32.1. The van der Waals surface area contributed by atoms with Crippen molar-refractivity contribution >= 4 is 11.6 Å². The Labute approximate surface area is 181 Å². The molecule has 1 aromatic carbocycles. The SMILES string of the molecule is O=C(NC1CCCCC1)c1coc(CN2CCN(Cc3ccccc3[N+](=O)[O-])CC2)n1. The number of nitro groups is 1. The number of amides is 1.